The van der Waals surface area contributed by atoms with Crippen LogP contribution in [0.15, 0.2) is 36.4 Å². The fourth-order valence-corrected chi connectivity index (χ4v) is 1.77. The molecule has 0 spiro atoms. The summed E-state index contributed by atoms with van der Waals surface area (Å²) in [6, 6.07) is 11.1. The SMILES string of the molecule is Nc1ccc(Cc2c(N)cccc2N)cc1N. The van der Waals surface area contributed by atoms with E-state index < -0.39 is 0 Å². The lowest BCUT2D eigenvalue weighted by Gasteiger charge is -2.10. The number of hydrogen-bond acceptors (Lipinski definition) is 4. The van der Waals surface area contributed by atoms with Crippen molar-refractivity contribution in [3.05, 3.63) is 47.5 Å². The highest BCUT2D eigenvalue weighted by Crippen LogP contribution is 2.24. The largest absolute Gasteiger partial charge is 0.398 e. The molecule has 2 rings (SSSR count). The van der Waals surface area contributed by atoms with Gasteiger partial charge in [-0.3, -0.25) is 0 Å². The molecule has 0 saturated heterocycles. The van der Waals surface area contributed by atoms with Gasteiger partial charge in [0.15, 0.2) is 0 Å². The first kappa shape index (κ1) is 11.1. The Morgan fingerprint density at radius 2 is 1.35 bits per heavy atom. The Kier molecular flexibility index (Phi) is 2.78. The molecule has 0 atom stereocenters. The Balaban J connectivity index is 2.35. The normalized spacial score (nSPS) is 10.4. The molecule has 0 heterocycles. The van der Waals surface area contributed by atoms with E-state index in [1.54, 1.807) is 6.07 Å². The van der Waals surface area contributed by atoms with Crippen LogP contribution in [0.5, 0.6) is 0 Å². The van der Waals surface area contributed by atoms with Gasteiger partial charge in [0.25, 0.3) is 0 Å². The predicted molar refractivity (Wildman–Crippen MR) is 73.3 cm³/mol. The fourth-order valence-electron chi connectivity index (χ4n) is 1.77. The second-order valence-electron chi connectivity index (χ2n) is 4.06. The lowest BCUT2D eigenvalue weighted by atomic mass is 10.0. The zero-order valence-electron chi connectivity index (χ0n) is 9.48. The van der Waals surface area contributed by atoms with Crippen molar-refractivity contribution in [2.24, 2.45) is 0 Å². The van der Waals surface area contributed by atoms with Crippen LogP contribution in [0.2, 0.25) is 0 Å². The van der Waals surface area contributed by atoms with Crippen molar-refractivity contribution in [3.63, 3.8) is 0 Å². The monoisotopic (exact) mass is 228 g/mol. The number of rotatable bonds is 2. The Morgan fingerprint density at radius 3 is 1.94 bits per heavy atom. The Hall–Kier alpha value is -2.36. The first-order chi connectivity index (χ1) is 8.08. The third-order valence-electron chi connectivity index (χ3n) is 2.78. The van der Waals surface area contributed by atoms with Crippen LogP contribution in [0.1, 0.15) is 11.1 Å². The van der Waals surface area contributed by atoms with Crippen LogP contribution in [0.25, 0.3) is 0 Å². The molecule has 0 saturated carbocycles. The summed E-state index contributed by atoms with van der Waals surface area (Å²) < 4.78 is 0. The maximum Gasteiger partial charge on any atom is 0.0550 e. The van der Waals surface area contributed by atoms with Gasteiger partial charge in [-0.15, -0.1) is 0 Å². The second kappa shape index (κ2) is 4.25. The third kappa shape index (κ3) is 2.25. The van der Waals surface area contributed by atoms with Crippen LogP contribution >= 0.6 is 0 Å². The van der Waals surface area contributed by atoms with Crippen LogP contribution in [-0.4, -0.2) is 0 Å². The first-order valence-electron chi connectivity index (χ1n) is 5.34. The molecular weight excluding hydrogens is 212 g/mol. The molecule has 2 aromatic rings. The van der Waals surface area contributed by atoms with E-state index in [1.165, 1.54) is 0 Å². The van der Waals surface area contributed by atoms with Crippen molar-refractivity contribution >= 4 is 22.7 Å². The van der Waals surface area contributed by atoms with Gasteiger partial charge in [0, 0.05) is 23.4 Å². The van der Waals surface area contributed by atoms with Gasteiger partial charge in [0.05, 0.1) is 11.4 Å². The van der Waals surface area contributed by atoms with Gasteiger partial charge < -0.3 is 22.9 Å². The standard InChI is InChI=1S/C13H16N4/c14-10-2-1-3-11(15)9(10)6-8-4-5-12(16)13(17)7-8/h1-5,7H,6,14-17H2. The molecule has 0 aliphatic carbocycles. The van der Waals surface area contributed by atoms with E-state index in [-0.39, 0.29) is 0 Å². The number of nitrogens with two attached hydrogens (primary N) is 4. The van der Waals surface area contributed by atoms with Gasteiger partial charge in [-0.05, 0) is 29.8 Å². The van der Waals surface area contributed by atoms with Crippen LogP contribution in [0.3, 0.4) is 0 Å². The molecule has 4 heteroatoms. The molecule has 0 fully saturated rings. The number of hydrogen-bond donors (Lipinski definition) is 4. The molecule has 88 valence electrons. The lowest BCUT2D eigenvalue weighted by molar-refractivity contribution is 1.20. The van der Waals surface area contributed by atoms with E-state index in [2.05, 4.69) is 0 Å². The van der Waals surface area contributed by atoms with Crippen LogP contribution < -0.4 is 22.9 Å². The smallest absolute Gasteiger partial charge is 0.0550 e. The lowest BCUT2D eigenvalue weighted by Crippen LogP contribution is -2.02. The summed E-state index contributed by atoms with van der Waals surface area (Å²) in [6.45, 7) is 0. The van der Waals surface area contributed by atoms with Crippen LogP contribution in [0.4, 0.5) is 22.7 Å². The Bertz CT molecular complexity index is 529. The average molecular weight is 228 g/mol. The molecule has 2 aromatic carbocycles. The van der Waals surface area contributed by atoms with Crippen molar-refractivity contribution in [2.45, 2.75) is 6.42 Å². The van der Waals surface area contributed by atoms with E-state index in [9.17, 15) is 0 Å². The maximum atomic E-state index is 5.90. The van der Waals surface area contributed by atoms with Gasteiger partial charge in [-0.25, -0.2) is 0 Å². The fraction of sp³-hybridized carbons (Fsp3) is 0.0769. The summed E-state index contributed by atoms with van der Waals surface area (Å²) in [5.74, 6) is 0. The predicted octanol–water partition coefficient (Wildman–Crippen LogP) is 1.61. The van der Waals surface area contributed by atoms with E-state index in [4.69, 9.17) is 22.9 Å². The summed E-state index contributed by atoms with van der Waals surface area (Å²) in [6.07, 6.45) is 0.656. The zero-order valence-corrected chi connectivity index (χ0v) is 9.48. The highest BCUT2D eigenvalue weighted by molar-refractivity contribution is 5.66. The van der Waals surface area contributed by atoms with Gasteiger partial charge in [0.1, 0.15) is 0 Å². The van der Waals surface area contributed by atoms with Crippen molar-refractivity contribution in [2.75, 3.05) is 22.9 Å². The Labute approximate surface area is 100 Å². The molecule has 0 aromatic heterocycles. The zero-order chi connectivity index (χ0) is 12.4. The van der Waals surface area contributed by atoms with Gasteiger partial charge >= 0.3 is 0 Å². The van der Waals surface area contributed by atoms with Crippen molar-refractivity contribution in [1.82, 2.24) is 0 Å². The second-order valence-corrected chi connectivity index (χ2v) is 4.06. The molecule has 0 aliphatic heterocycles. The van der Waals surface area contributed by atoms with Gasteiger partial charge in [-0.1, -0.05) is 12.1 Å². The molecule has 8 N–H and O–H groups in total. The van der Waals surface area contributed by atoms with E-state index in [1.807, 2.05) is 30.3 Å². The van der Waals surface area contributed by atoms with E-state index in [0.717, 1.165) is 11.1 Å². The third-order valence-corrected chi connectivity index (χ3v) is 2.78. The van der Waals surface area contributed by atoms with Crippen molar-refractivity contribution < 1.29 is 0 Å². The molecular formula is C13H16N4. The molecule has 0 radical (unpaired) electrons. The Morgan fingerprint density at radius 1 is 0.706 bits per heavy atom. The molecule has 4 nitrogen and oxygen atoms in total. The van der Waals surface area contributed by atoms with Crippen LogP contribution in [-0.2, 0) is 6.42 Å². The summed E-state index contributed by atoms with van der Waals surface area (Å²) in [7, 11) is 0. The highest BCUT2D eigenvalue weighted by atomic mass is 14.7. The molecule has 17 heavy (non-hydrogen) atoms. The van der Waals surface area contributed by atoms with E-state index >= 15 is 0 Å². The van der Waals surface area contributed by atoms with E-state index in [0.29, 0.717) is 29.2 Å². The van der Waals surface area contributed by atoms with Crippen molar-refractivity contribution in [3.8, 4) is 0 Å². The first-order valence-corrected chi connectivity index (χ1v) is 5.34. The summed E-state index contributed by atoms with van der Waals surface area (Å²) >= 11 is 0. The molecule has 0 aliphatic rings. The van der Waals surface area contributed by atoms with Crippen LogP contribution in [0, 0.1) is 0 Å². The minimum Gasteiger partial charge on any atom is -0.398 e. The summed E-state index contributed by atoms with van der Waals surface area (Å²) in [5, 5.41) is 0. The number of anilines is 4. The summed E-state index contributed by atoms with van der Waals surface area (Å²) in [4.78, 5) is 0. The highest BCUT2D eigenvalue weighted by Gasteiger charge is 2.05. The minimum atomic E-state index is 0.579. The molecule has 0 unspecified atom stereocenters. The van der Waals surface area contributed by atoms with Crippen molar-refractivity contribution in [1.29, 1.82) is 0 Å². The molecule has 0 bridgehead atoms. The summed E-state index contributed by atoms with van der Waals surface area (Å²) in [5.41, 5.74) is 27.8. The topological polar surface area (TPSA) is 104 Å². The van der Waals surface area contributed by atoms with Gasteiger partial charge in [0.2, 0.25) is 0 Å². The number of nitrogen functional groups attached to an aromatic ring is 4. The molecule has 0 amide bonds. The van der Waals surface area contributed by atoms with Gasteiger partial charge in [-0.2, -0.15) is 0 Å². The number of benzene rings is 2. The minimum absolute atomic E-state index is 0.579. The average Bonchev–Trinajstić information content (AvgIpc) is 2.28. The quantitative estimate of drug-likeness (QED) is 0.586. The maximum absolute atomic E-state index is 5.90.